The second-order valence-electron chi connectivity index (χ2n) is 16.0. The van der Waals surface area contributed by atoms with E-state index in [-0.39, 0.29) is 0 Å². The molecule has 0 saturated carbocycles. The van der Waals surface area contributed by atoms with Crippen LogP contribution in [0.15, 0.2) is 218 Å². The molecule has 12 aromatic rings. The molecule has 6 heteroatoms. The van der Waals surface area contributed by atoms with E-state index in [4.69, 9.17) is 15.0 Å². The fourth-order valence-electron chi connectivity index (χ4n) is 9.16. The molecule has 0 aliphatic heterocycles. The molecule has 298 valence electrons. The van der Waals surface area contributed by atoms with E-state index >= 15 is 0 Å². The third-order valence-corrected chi connectivity index (χ3v) is 12.2. The van der Waals surface area contributed by atoms with Gasteiger partial charge in [-0.3, -0.25) is 0 Å². The minimum absolute atomic E-state index is 0.587. The number of para-hydroxylation sites is 2. The molecule has 3 heterocycles. The summed E-state index contributed by atoms with van der Waals surface area (Å²) in [4.78, 5) is 15.5. The maximum Gasteiger partial charge on any atom is 0.164 e. The van der Waals surface area contributed by atoms with E-state index < -0.39 is 0 Å². The van der Waals surface area contributed by atoms with Crippen LogP contribution in [0.25, 0.3) is 111 Å². The lowest BCUT2D eigenvalue weighted by Gasteiger charge is -2.15. The Kier molecular flexibility index (Phi) is 8.77. The first-order chi connectivity index (χ1) is 31.7. The summed E-state index contributed by atoms with van der Waals surface area (Å²) in [5, 5.41) is 14.2. The van der Waals surface area contributed by atoms with Crippen molar-refractivity contribution in [1.29, 1.82) is 5.26 Å². The second kappa shape index (κ2) is 15.2. The van der Waals surface area contributed by atoms with Gasteiger partial charge in [0.1, 0.15) is 0 Å². The molecule has 0 unspecified atom stereocenters. The third-order valence-electron chi connectivity index (χ3n) is 12.2. The van der Waals surface area contributed by atoms with Crippen LogP contribution in [0.2, 0.25) is 0 Å². The predicted octanol–water partition coefficient (Wildman–Crippen LogP) is 14.3. The maximum absolute atomic E-state index is 9.76. The number of nitriles is 1. The van der Waals surface area contributed by atoms with Crippen LogP contribution in [0.1, 0.15) is 5.56 Å². The van der Waals surface area contributed by atoms with Gasteiger partial charge in [-0.25, -0.2) is 15.0 Å². The summed E-state index contributed by atoms with van der Waals surface area (Å²) in [6.45, 7) is 0. The Hall–Kier alpha value is -8.92. The molecule has 0 amide bonds. The molecule has 12 rings (SSSR count). The first kappa shape index (κ1) is 36.9. The van der Waals surface area contributed by atoms with Crippen LogP contribution in [0.5, 0.6) is 0 Å². The molecule has 0 bridgehead atoms. The Labute approximate surface area is 369 Å². The molecule has 0 saturated heterocycles. The van der Waals surface area contributed by atoms with Crippen LogP contribution >= 0.6 is 0 Å². The molecule has 0 aliphatic carbocycles. The van der Waals surface area contributed by atoms with E-state index in [2.05, 4.69) is 179 Å². The predicted molar refractivity (Wildman–Crippen MR) is 260 cm³/mol. The van der Waals surface area contributed by atoms with Gasteiger partial charge < -0.3 is 9.13 Å². The van der Waals surface area contributed by atoms with Crippen molar-refractivity contribution in [2.75, 3.05) is 0 Å². The third kappa shape index (κ3) is 6.31. The van der Waals surface area contributed by atoms with Crippen LogP contribution in [0.3, 0.4) is 0 Å². The van der Waals surface area contributed by atoms with Crippen molar-refractivity contribution in [3.8, 4) is 73.9 Å². The van der Waals surface area contributed by atoms with Gasteiger partial charge in [0.15, 0.2) is 17.5 Å². The molecule has 3 aromatic heterocycles. The molecule has 0 fully saturated rings. The van der Waals surface area contributed by atoms with E-state index in [1.807, 2.05) is 54.6 Å². The topological polar surface area (TPSA) is 72.3 Å². The summed E-state index contributed by atoms with van der Waals surface area (Å²) in [7, 11) is 0. The zero-order valence-electron chi connectivity index (χ0n) is 34.5. The molecule has 0 atom stereocenters. The number of hydrogen-bond acceptors (Lipinski definition) is 4. The molecule has 64 heavy (non-hydrogen) atoms. The molecule has 0 aliphatic rings. The first-order valence-electron chi connectivity index (χ1n) is 21.3. The highest BCUT2D eigenvalue weighted by molar-refractivity contribution is 6.12. The highest BCUT2D eigenvalue weighted by Gasteiger charge is 2.20. The Morgan fingerprint density at radius 3 is 1.33 bits per heavy atom. The van der Waals surface area contributed by atoms with Crippen LogP contribution in [0.4, 0.5) is 0 Å². The van der Waals surface area contributed by atoms with Gasteiger partial charge in [0.25, 0.3) is 0 Å². The molecule has 6 nitrogen and oxygen atoms in total. The summed E-state index contributed by atoms with van der Waals surface area (Å²) in [6, 6.07) is 78.2. The van der Waals surface area contributed by atoms with E-state index in [0.717, 1.165) is 93.9 Å². The second-order valence-corrected chi connectivity index (χ2v) is 16.0. The first-order valence-corrected chi connectivity index (χ1v) is 21.3. The summed E-state index contributed by atoms with van der Waals surface area (Å²) in [5.74, 6) is 1.80. The van der Waals surface area contributed by atoms with Crippen molar-refractivity contribution < 1.29 is 0 Å². The van der Waals surface area contributed by atoms with Gasteiger partial charge in [-0.2, -0.15) is 5.26 Å². The van der Waals surface area contributed by atoms with Gasteiger partial charge in [-0.1, -0.05) is 152 Å². The van der Waals surface area contributed by atoms with Gasteiger partial charge in [0.2, 0.25) is 0 Å². The summed E-state index contributed by atoms with van der Waals surface area (Å²) in [5.41, 5.74) is 14.1. The highest BCUT2D eigenvalue weighted by atomic mass is 15.0. The van der Waals surface area contributed by atoms with Crippen molar-refractivity contribution in [2.24, 2.45) is 0 Å². The normalized spacial score (nSPS) is 11.4. The van der Waals surface area contributed by atoms with E-state index in [1.165, 1.54) is 0 Å². The van der Waals surface area contributed by atoms with Crippen molar-refractivity contribution in [3.05, 3.63) is 224 Å². The number of fused-ring (bicyclic) bond motifs is 6. The number of hydrogen-bond donors (Lipinski definition) is 0. The number of benzene rings is 9. The van der Waals surface area contributed by atoms with Crippen LogP contribution < -0.4 is 0 Å². The molecule has 9 aromatic carbocycles. The summed E-state index contributed by atoms with van der Waals surface area (Å²) < 4.78 is 4.67. The number of rotatable bonds is 7. The Balaban J connectivity index is 1.06. The zero-order chi connectivity index (χ0) is 42.6. The lowest BCUT2D eigenvalue weighted by Crippen LogP contribution is -2.02. The Bertz CT molecular complexity index is 3770. The summed E-state index contributed by atoms with van der Waals surface area (Å²) in [6.07, 6.45) is 0. The highest BCUT2D eigenvalue weighted by Crippen LogP contribution is 2.39. The fraction of sp³-hybridized carbons (Fsp3) is 0. The SMILES string of the molecule is N#Cc1ccc2c(c1)c1ccccc1n2-c1ccc2c(c1)c1ccccc1n2-c1cc(-c2ccccc2)cc(-c2nc(-c3ccccc3)nc(-c3ccc(-c4ccccc4)cc3)n2)c1. The lowest BCUT2D eigenvalue weighted by molar-refractivity contribution is 1.07. The smallest absolute Gasteiger partial charge is 0.164 e. The van der Waals surface area contributed by atoms with E-state index in [1.54, 1.807) is 0 Å². The number of aromatic nitrogens is 5. The average molecular weight is 817 g/mol. The maximum atomic E-state index is 9.76. The van der Waals surface area contributed by atoms with Crippen molar-refractivity contribution in [1.82, 2.24) is 24.1 Å². The van der Waals surface area contributed by atoms with Crippen molar-refractivity contribution in [2.45, 2.75) is 0 Å². The van der Waals surface area contributed by atoms with Gasteiger partial charge in [-0.15, -0.1) is 0 Å². The molecular formula is C58H36N6. The Morgan fingerprint density at radius 1 is 0.297 bits per heavy atom. The van der Waals surface area contributed by atoms with Crippen LogP contribution in [0, 0.1) is 11.3 Å². The van der Waals surface area contributed by atoms with Crippen LogP contribution in [-0.4, -0.2) is 24.1 Å². The standard InChI is InChI=1S/C58H36N6/c59-37-38-24-30-54-50(32-38)48-20-10-12-22-52(48)63(54)46-29-31-55-51(36-46)49-21-11-13-23-53(49)64(55)47-34-44(40-16-6-2-7-17-40)33-45(35-47)58-61-56(42-18-8-3-9-19-42)60-57(62-58)43-27-25-41(26-28-43)39-14-4-1-5-15-39/h1-36H. The number of nitrogens with zero attached hydrogens (tertiary/aromatic N) is 6. The van der Waals surface area contributed by atoms with Gasteiger partial charge in [-0.05, 0) is 89.0 Å². The molecule has 0 spiro atoms. The summed E-state index contributed by atoms with van der Waals surface area (Å²) >= 11 is 0. The Morgan fingerprint density at radius 2 is 0.719 bits per heavy atom. The minimum atomic E-state index is 0.587. The van der Waals surface area contributed by atoms with E-state index in [0.29, 0.717) is 23.0 Å². The average Bonchev–Trinajstić information content (AvgIpc) is 3.89. The molecule has 0 N–H and O–H groups in total. The molecule has 0 radical (unpaired) electrons. The molecular weight excluding hydrogens is 781 g/mol. The zero-order valence-corrected chi connectivity index (χ0v) is 34.5. The van der Waals surface area contributed by atoms with Gasteiger partial charge >= 0.3 is 0 Å². The lowest BCUT2D eigenvalue weighted by atomic mass is 10.0. The van der Waals surface area contributed by atoms with Crippen molar-refractivity contribution >= 4 is 43.6 Å². The van der Waals surface area contributed by atoms with Crippen LogP contribution in [-0.2, 0) is 0 Å². The largest absolute Gasteiger partial charge is 0.309 e. The quantitative estimate of drug-likeness (QED) is 0.161. The monoisotopic (exact) mass is 816 g/mol. The van der Waals surface area contributed by atoms with Gasteiger partial charge in [0, 0.05) is 49.6 Å². The fourth-order valence-corrected chi connectivity index (χ4v) is 9.16. The minimum Gasteiger partial charge on any atom is -0.309 e. The van der Waals surface area contributed by atoms with Crippen molar-refractivity contribution in [3.63, 3.8) is 0 Å². The van der Waals surface area contributed by atoms with E-state index in [9.17, 15) is 5.26 Å². The van der Waals surface area contributed by atoms with Gasteiger partial charge in [0.05, 0.1) is 33.7 Å².